The average molecular weight is 387 g/mol. The van der Waals surface area contributed by atoms with Gasteiger partial charge in [0.25, 0.3) is 0 Å². The van der Waals surface area contributed by atoms with Crippen molar-refractivity contribution in [1.29, 1.82) is 0 Å². The minimum atomic E-state index is 0. The summed E-state index contributed by atoms with van der Waals surface area (Å²) in [5.74, 6) is 0.533. The number of benzene rings is 1. The molecule has 0 aromatic heterocycles. The molecular formula is C16H26IN3. The quantitative estimate of drug-likeness (QED) is 0.460. The summed E-state index contributed by atoms with van der Waals surface area (Å²) >= 11 is 0. The second kappa shape index (κ2) is 7.86. The average Bonchev–Trinajstić information content (AvgIpc) is 2.86. The predicted octanol–water partition coefficient (Wildman–Crippen LogP) is 4.31. The van der Waals surface area contributed by atoms with Gasteiger partial charge in [-0.05, 0) is 49.3 Å². The van der Waals surface area contributed by atoms with E-state index in [9.17, 15) is 0 Å². The predicted molar refractivity (Wildman–Crippen MR) is 97.9 cm³/mol. The maximum atomic E-state index is 5.99. The molecule has 0 heterocycles. The highest BCUT2D eigenvalue weighted by molar-refractivity contribution is 14.0. The monoisotopic (exact) mass is 387 g/mol. The molecule has 0 atom stereocenters. The van der Waals surface area contributed by atoms with Crippen LogP contribution in [0.25, 0.3) is 0 Å². The number of rotatable bonds is 4. The highest BCUT2D eigenvalue weighted by Crippen LogP contribution is 2.41. The van der Waals surface area contributed by atoms with Crippen LogP contribution in [0.2, 0.25) is 0 Å². The Morgan fingerprint density at radius 1 is 1.35 bits per heavy atom. The van der Waals surface area contributed by atoms with Crippen molar-refractivity contribution in [3.8, 4) is 0 Å². The van der Waals surface area contributed by atoms with E-state index in [4.69, 9.17) is 5.73 Å². The molecule has 1 saturated carbocycles. The summed E-state index contributed by atoms with van der Waals surface area (Å²) in [5.41, 5.74) is 8.62. The fourth-order valence-corrected chi connectivity index (χ4v) is 2.91. The van der Waals surface area contributed by atoms with Crippen molar-refractivity contribution >= 4 is 35.6 Å². The van der Waals surface area contributed by atoms with E-state index in [0.29, 0.717) is 11.4 Å². The molecule has 20 heavy (non-hydrogen) atoms. The van der Waals surface area contributed by atoms with Crippen LogP contribution >= 0.6 is 24.0 Å². The standard InChI is InChI=1S/C16H25N3.HI/c1-3-16(9-4-5-10-16)12-18-15(17)19-14-8-6-7-13(2)11-14;/h6-8,11H,3-5,9-10,12H2,1-2H3,(H3,17,18,19);1H. The molecule has 0 spiro atoms. The molecule has 1 aromatic rings. The van der Waals surface area contributed by atoms with E-state index in [2.05, 4.69) is 36.3 Å². The fraction of sp³-hybridized carbons (Fsp3) is 0.562. The number of nitrogens with two attached hydrogens (primary N) is 1. The minimum Gasteiger partial charge on any atom is -0.370 e. The van der Waals surface area contributed by atoms with Crippen molar-refractivity contribution in [1.82, 2.24) is 0 Å². The van der Waals surface area contributed by atoms with Crippen molar-refractivity contribution in [2.45, 2.75) is 46.0 Å². The van der Waals surface area contributed by atoms with Gasteiger partial charge < -0.3 is 11.1 Å². The first-order valence-electron chi connectivity index (χ1n) is 7.27. The van der Waals surface area contributed by atoms with Crippen LogP contribution in [0.1, 0.15) is 44.6 Å². The van der Waals surface area contributed by atoms with Crippen LogP contribution in [0.5, 0.6) is 0 Å². The maximum absolute atomic E-state index is 5.99. The Morgan fingerprint density at radius 3 is 2.65 bits per heavy atom. The third-order valence-corrected chi connectivity index (χ3v) is 4.29. The molecule has 0 aliphatic heterocycles. The van der Waals surface area contributed by atoms with Gasteiger partial charge in [0, 0.05) is 12.2 Å². The SMILES string of the molecule is CCC1(CN=C(N)Nc2cccc(C)c2)CCCC1.I. The van der Waals surface area contributed by atoms with Crippen LogP contribution in [0.15, 0.2) is 29.3 Å². The number of halogens is 1. The van der Waals surface area contributed by atoms with Crippen molar-refractivity contribution < 1.29 is 0 Å². The molecule has 0 amide bonds. The van der Waals surface area contributed by atoms with Gasteiger partial charge in [-0.25, -0.2) is 0 Å². The summed E-state index contributed by atoms with van der Waals surface area (Å²) < 4.78 is 0. The van der Waals surface area contributed by atoms with Gasteiger partial charge >= 0.3 is 0 Å². The lowest BCUT2D eigenvalue weighted by molar-refractivity contribution is 0.297. The van der Waals surface area contributed by atoms with E-state index in [1.807, 2.05) is 12.1 Å². The fourth-order valence-electron chi connectivity index (χ4n) is 2.91. The van der Waals surface area contributed by atoms with Crippen LogP contribution in [-0.4, -0.2) is 12.5 Å². The van der Waals surface area contributed by atoms with E-state index >= 15 is 0 Å². The molecule has 1 aliphatic rings. The smallest absolute Gasteiger partial charge is 0.193 e. The zero-order valence-electron chi connectivity index (χ0n) is 12.5. The molecule has 3 nitrogen and oxygen atoms in total. The van der Waals surface area contributed by atoms with Crippen LogP contribution in [0.3, 0.4) is 0 Å². The first-order valence-corrected chi connectivity index (χ1v) is 7.27. The number of hydrogen-bond donors (Lipinski definition) is 2. The van der Waals surface area contributed by atoms with Gasteiger partial charge in [0.15, 0.2) is 5.96 Å². The van der Waals surface area contributed by atoms with E-state index < -0.39 is 0 Å². The third kappa shape index (κ3) is 4.65. The molecule has 1 aromatic carbocycles. The van der Waals surface area contributed by atoms with Gasteiger partial charge in [-0.1, -0.05) is 31.9 Å². The van der Waals surface area contributed by atoms with E-state index in [-0.39, 0.29) is 24.0 Å². The lowest BCUT2D eigenvalue weighted by Crippen LogP contribution is -2.27. The van der Waals surface area contributed by atoms with Crippen molar-refractivity contribution in [3.63, 3.8) is 0 Å². The molecule has 3 N–H and O–H groups in total. The Hall–Kier alpha value is -0.780. The van der Waals surface area contributed by atoms with Gasteiger partial charge in [-0.15, -0.1) is 24.0 Å². The maximum Gasteiger partial charge on any atom is 0.193 e. The number of anilines is 1. The number of guanidine groups is 1. The van der Waals surface area contributed by atoms with Crippen LogP contribution in [-0.2, 0) is 0 Å². The molecule has 4 heteroatoms. The zero-order valence-corrected chi connectivity index (χ0v) is 14.8. The number of aryl methyl sites for hydroxylation is 1. The summed E-state index contributed by atoms with van der Waals surface area (Å²) in [6, 6.07) is 8.19. The third-order valence-electron chi connectivity index (χ3n) is 4.29. The number of aliphatic imine (C=N–C) groups is 1. The topological polar surface area (TPSA) is 50.4 Å². The molecule has 1 aliphatic carbocycles. The first-order chi connectivity index (χ1) is 9.13. The van der Waals surface area contributed by atoms with Gasteiger partial charge in [-0.3, -0.25) is 4.99 Å². The number of nitrogens with one attached hydrogen (secondary N) is 1. The molecule has 2 rings (SSSR count). The van der Waals surface area contributed by atoms with Crippen LogP contribution in [0.4, 0.5) is 5.69 Å². The van der Waals surface area contributed by atoms with Crippen LogP contribution in [0, 0.1) is 12.3 Å². The van der Waals surface area contributed by atoms with E-state index in [1.54, 1.807) is 0 Å². The van der Waals surface area contributed by atoms with E-state index in [1.165, 1.54) is 37.7 Å². The van der Waals surface area contributed by atoms with E-state index in [0.717, 1.165) is 12.2 Å². The van der Waals surface area contributed by atoms with Gasteiger partial charge in [0.1, 0.15) is 0 Å². The Morgan fingerprint density at radius 2 is 2.05 bits per heavy atom. The summed E-state index contributed by atoms with van der Waals surface area (Å²) in [7, 11) is 0. The van der Waals surface area contributed by atoms with Crippen molar-refractivity contribution in [3.05, 3.63) is 29.8 Å². The molecule has 1 fully saturated rings. The zero-order chi connectivity index (χ0) is 13.7. The molecular weight excluding hydrogens is 361 g/mol. The van der Waals surface area contributed by atoms with Crippen molar-refractivity contribution in [2.75, 3.05) is 11.9 Å². The summed E-state index contributed by atoms with van der Waals surface area (Å²) in [4.78, 5) is 4.56. The Kier molecular flexibility index (Phi) is 6.79. The van der Waals surface area contributed by atoms with Crippen molar-refractivity contribution in [2.24, 2.45) is 16.1 Å². The van der Waals surface area contributed by atoms with Crippen LogP contribution < -0.4 is 11.1 Å². The largest absolute Gasteiger partial charge is 0.370 e. The van der Waals surface area contributed by atoms with Gasteiger partial charge in [0.05, 0.1) is 0 Å². The lowest BCUT2D eigenvalue weighted by Gasteiger charge is -2.25. The molecule has 0 radical (unpaired) electrons. The molecule has 112 valence electrons. The minimum absolute atomic E-state index is 0. The second-order valence-corrected chi connectivity index (χ2v) is 5.76. The molecule has 0 unspecified atom stereocenters. The lowest BCUT2D eigenvalue weighted by atomic mass is 9.84. The second-order valence-electron chi connectivity index (χ2n) is 5.76. The molecule has 0 bridgehead atoms. The Labute approximate surface area is 139 Å². The summed E-state index contributed by atoms with van der Waals surface area (Å²) in [5, 5.41) is 3.18. The van der Waals surface area contributed by atoms with Gasteiger partial charge in [-0.2, -0.15) is 0 Å². The number of hydrogen-bond acceptors (Lipinski definition) is 1. The summed E-state index contributed by atoms with van der Waals surface area (Å²) in [6.07, 6.45) is 6.48. The Bertz CT molecular complexity index is 451. The first kappa shape index (κ1) is 17.3. The summed E-state index contributed by atoms with van der Waals surface area (Å²) in [6.45, 7) is 5.20. The van der Waals surface area contributed by atoms with Gasteiger partial charge in [0.2, 0.25) is 0 Å². The molecule has 0 saturated heterocycles. The Balaban J connectivity index is 0.00000200. The number of nitrogens with zero attached hydrogens (tertiary/aromatic N) is 1. The normalized spacial score (nSPS) is 17.6. The highest BCUT2D eigenvalue weighted by Gasteiger charge is 2.31. The highest BCUT2D eigenvalue weighted by atomic mass is 127.